The molecule has 0 bridgehead atoms. The molecule has 7 heteroatoms. The van der Waals surface area contributed by atoms with Crippen LogP contribution in [0.2, 0.25) is 15.1 Å². The SMILES string of the molecule is C/C(=N\Nc1nc(-c2ccccc2)cs1)c1ccc(Cl)c(Cl)c1Cl. The predicted octanol–water partition coefficient (Wildman–Crippen LogP) is 6.61. The van der Waals surface area contributed by atoms with Crippen molar-refractivity contribution in [1.29, 1.82) is 0 Å². The fourth-order valence-corrected chi connectivity index (χ4v) is 3.40. The van der Waals surface area contributed by atoms with Crippen LogP contribution in [0.4, 0.5) is 5.13 Å². The molecule has 0 amide bonds. The van der Waals surface area contributed by atoms with E-state index in [-0.39, 0.29) is 0 Å². The average molecular weight is 397 g/mol. The lowest BCUT2D eigenvalue weighted by molar-refractivity contribution is 1.27. The standard InChI is InChI=1S/C17H12Cl3N3S/c1-10(12-7-8-13(18)16(20)15(12)19)22-23-17-21-14(9-24-17)11-5-3-2-4-6-11/h2-9H,1H3,(H,21,23)/b22-10+. The van der Waals surface area contributed by atoms with Gasteiger partial charge < -0.3 is 0 Å². The maximum atomic E-state index is 6.22. The molecule has 3 aromatic rings. The molecule has 0 saturated heterocycles. The second kappa shape index (κ2) is 7.53. The van der Waals surface area contributed by atoms with Crippen LogP contribution in [-0.2, 0) is 0 Å². The quantitative estimate of drug-likeness (QED) is 0.306. The second-order valence-electron chi connectivity index (χ2n) is 4.94. The first kappa shape index (κ1) is 17.2. The number of halogens is 3. The van der Waals surface area contributed by atoms with E-state index in [2.05, 4.69) is 15.5 Å². The first-order valence-electron chi connectivity index (χ1n) is 7.01. The lowest BCUT2D eigenvalue weighted by atomic mass is 10.1. The first-order chi connectivity index (χ1) is 11.6. The fraction of sp³-hybridized carbons (Fsp3) is 0.0588. The number of hydrogen-bond acceptors (Lipinski definition) is 4. The maximum absolute atomic E-state index is 6.22. The molecule has 0 unspecified atom stereocenters. The molecule has 3 nitrogen and oxygen atoms in total. The van der Waals surface area contributed by atoms with E-state index in [1.807, 2.05) is 42.6 Å². The van der Waals surface area contributed by atoms with Gasteiger partial charge in [-0.25, -0.2) is 4.98 Å². The fourth-order valence-electron chi connectivity index (χ4n) is 2.06. The summed E-state index contributed by atoms with van der Waals surface area (Å²) in [6, 6.07) is 13.5. The Kier molecular flexibility index (Phi) is 5.41. The van der Waals surface area contributed by atoms with Gasteiger partial charge in [-0.3, -0.25) is 5.43 Å². The van der Waals surface area contributed by atoms with Crippen molar-refractivity contribution in [3.63, 3.8) is 0 Å². The number of benzene rings is 2. The van der Waals surface area contributed by atoms with Gasteiger partial charge in [0.15, 0.2) is 0 Å². The van der Waals surface area contributed by atoms with Crippen LogP contribution in [0.15, 0.2) is 52.9 Å². The molecule has 3 rings (SSSR count). The number of nitrogens with zero attached hydrogens (tertiary/aromatic N) is 2. The van der Waals surface area contributed by atoms with E-state index in [1.54, 1.807) is 12.1 Å². The smallest absolute Gasteiger partial charge is 0.203 e. The third-order valence-corrected chi connectivity index (χ3v) is 5.36. The van der Waals surface area contributed by atoms with Gasteiger partial charge in [0.25, 0.3) is 0 Å². The average Bonchev–Trinajstić information content (AvgIpc) is 3.07. The summed E-state index contributed by atoms with van der Waals surface area (Å²) in [4.78, 5) is 4.52. The van der Waals surface area contributed by atoms with Gasteiger partial charge in [-0.2, -0.15) is 5.10 Å². The summed E-state index contributed by atoms with van der Waals surface area (Å²) in [6.07, 6.45) is 0. The number of hydrazone groups is 1. The van der Waals surface area contributed by atoms with Crippen LogP contribution in [0.5, 0.6) is 0 Å². The van der Waals surface area contributed by atoms with E-state index in [1.165, 1.54) is 11.3 Å². The molecule has 0 fully saturated rings. The number of nitrogens with one attached hydrogen (secondary N) is 1. The molecule has 0 saturated carbocycles. The summed E-state index contributed by atoms with van der Waals surface area (Å²) < 4.78 is 0. The van der Waals surface area contributed by atoms with Crippen LogP contribution in [0.1, 0.15) is 12.5 Å². The van der Waals surface area contributed by atoms with E-state index >= 15 is 0 Å². The highest BCUT2D eigenvalue weighted by atomic mass is 35.5. The normalized spacial score (nSPS) is 11.6. The summed E-state index contributed by atoms with van der Waals surface area (Å²) in [5, 5.41) is 8.14. The number of aromatic nitrogens is 1. The maximum Gasteiger partial charge on any atom is 0.203 e. The topological polar surface area (TPSA) is 37.3 Å². The van der Waals surface area contributed by atoms with Crippen molar-refractivity contribution < 1.29 is 0 Å². The van der Waals surface area contributed by atoms with E-state index in [0.717, 1.165) is 16.8 Å². The Labute approximate surface area is 158 Å². The number of hydrogen-bond donors (Lipinski definition) is 1. The molecule has 0 radical (unpaired) electrons. The second-order valence-corrected chi connectivity index (χ2v) is 6.96. The van der Waals surface area contributed by atoms with E-state index < -0.39 is 0 Å². The van der Waals surface area contributed by atoms with Gasteiger partial charge in [0.2, 0.25) is 5.13 Å². The van der Waals surface area contributed by atoms with Crippen molar-refractivity contribution in [3.8, 4) is 11.3 Å². The van der Waals surface area contributed by atoms with E-state index in [0.29, 0.717) is 25.9 Å². The number of rotatable bonds is 4. The molecule has 0 aliphatic heterocycles. The molecule has 0 spiro atoms. The van der Waals surface area contributed by atoms with Crippen molar-refractivity contribution in [2.45, 2.75) is 6.92 Å². The highest BCUT2D eigenvalue weighted by Crippen LogP contribution is 2.33. The molecule has 0 aliphatic carbocycles. The molecule has 122 valence electrons. The zero-order valence-electron chi connectivity index (χ0n) is 12.6. The summed E-state index contributed by atoms with van der Waals surface area (Å²) in [6.45, 7) is 1.84. The van der Waals surface area contributed by atoms with Gasteiger partial charge >= 0.3 is 0 Å². The van der Waals surface area contributed by atoms with Crippen molar-refractivity contribution >= 4 is 57.0 Å². The van der Waals surface area contributed by atoms with Crippen LogP contribution in [-0.4, -0.2) is 10.7 Å². The van der Waals surface area contributed by atoms with Crippen molar-refractivity contribution in [1.82, 2.24) is 4.98 Å². The Morgan fingerprint density at radius 3 is 2.54 bits per heavy atom. The van der Waals surface area contributed by atoms with Gasteiger partial charge in [0.1, 0.15) is 0 Å². The highest BCUT2D eigenvalue weighted by Gasteiger charge is 2.11. The van der Waals surface area contributed by atoms with E-state index in [9.17, 15) is 0 Å². The van der Waals surface area contributed by atoms with Crippen LogP contribution in [0.3, 0.4) is 0 Å². The Balaban J connectivity index is 1.79. The minimum absolute atomic E-state index is 0.325. The van der Waals surface area contributed by atoms with Crippen molar-refractivity contribution in [2.24, 2.45) is 5.10 Å². The first-order valence-corrected chi connectivity index (χ1v) is 9.02. The summed E-state index contributed by atoms with van der Waals surface area (Å²) in [5.41, 5.74) is 6.34. The molecule has 0 aliphatic rings. The van der Waals surface area contributed by atoms with Crippen LogP contribution in [0.25, 0.3) is 11.3 Å². The molecular weight excluding hydrogens is 385 g/mol. The minimum atomic E-state index is 0.325. The zero-order chi connectivity index (χ0) is 17.1. The van der Waals surface area contributed by atoms with Crippen LogP contribution >= 0.6 is 46.1 Å². The zero-order valence-corrected chi connectivity index (χ0v) is 15.6. The lowest BCUT2D eigenvalue weighted by Gasteiger charge is -2.07. The number of thiazole rings is 1. The Hall–Kier alpha value is -1.59. The molecule has 1 aromatic heterocycles. The monoisotopic (exact) mass is 395 g/mol. The molecule has 1 N–H and O–H groups in total. The van der Waals surface area contributed by atoms with Gasteiger partial charge in [-0.15, -0.1) is 11.3 Å². The molecular formula is C17H12Cl3N3S. The number of anilines is 1. The van der Waals surface area contributed by atoms with Gasteiger partial charge in [-0.05, 0) is 13.0 Å². The minimum Gasteiger partial charge on any atom is -0.252 e. The van der Waals surface area contributed by atoms with Crippen molar-refractivity contribution in [3.05, 3.63) is 68.5 Å². The van der Waals surface area contributed by atoms with Gasteiger partial charge in [0.05, 0.1) is 26.5 Å². The molecule has 2 aromatic carbocycles. The third kappa shape index (κ3) is 3.73. The lowest BCUT2D eigenvalue weighted by Crippen LogP contribution is -2.01. The Morgan fingerprint density at radius 2 is 1.79 bits per heavy atom. The Bertz CT molecular complexity index is 891. The van der Waals surface area contributed by atoms with Crippen molar-refractivity contribution in [2.75, 3.05) is 5.43 Å². The molecule has 1 heterocycles. The Morgan fingerprint density at radius 1 is 1.04 bits per heavy atom. The largest absolute Gasteiger partial charge is 0.252 e. The third-order valence-electron chi connectivity index (χ3n) is 3.32. The predicted molar refractivity (Wildman–Crippen MR) is 105 cm³/mol. The van der Waals surface area contributed by atoms with Crippen LogP contribution in [0, 0.1) is 0 Å². The van der Waals surface area contributed by atoms with E-state index in [4.69, 9.17) is 34.8 Å². The summed E-state index contributed by atoms with van der Waals surface area (Å²) in [7, 11) is 0. The summed E-state index contributed by atoms with van der Waals surface area (Å²) in [5.74, 6) is 0. The van der Waals surface area contributed by atoms with Crippen LogP contribution < -0.4 is 5.43 Å². The van der Waals surface area contributed by atoms with Gasteiger partial charge in [-0.1, -0.05) is 71.2 Å². The molecule has 0 atom stereocenters. The van der Waals surface area contributed by atoms with Gasteiger partial charge in [0, 0.05) is 16.5 Å². The highest BCUT2D eigenvalue weighted by molar-refractivity contribution is 7.14. The molecule has 24 heavy (non-hydrogen) atoms. The summed E-state index contributed by atoms with van der Waals surface area (Å²) >= 11 is 19.7.